The maximum absolute atomic E-state index is 12.0. The molecule has 0 spiro atoms. The molecule has 1 aliphatic rings. The number of carbonyl (C=O) groups is 1. The quantitative estimate of drug-likeness (QED) is 0.840. The SMILES string of the molecule is COc1cccc(CO[C@H](C)C(=O)N[C@H]2CCS(=O)(=O)C2)c1. The van der Waals surface area contributed by atoms with Gasteiger partial charge in [0.15, 0.2) is 9.84 Å². The number of hydrogen-bond acceptors (Lipinski definition) is 5. The Kier molecular flexibility index (Phi) is 5.42. The lowest BCUT2D eigenvalue weighted by Crippen LogP contribution is -2.41. The van der Waals surface area contributed by atoms with Gasteiger partial charge in [0, 0.05) is 6.04 Å². The van der Waals surface area contributed by atoms with E-state index < -0.39 is 15.9 Å². The minimum atomic E-state index is -3.00. The van der Waals surface area contributed by atoms with Gasteiger partial charge in [-0.05, 0) is 31.0 Å². The van der Waals surface area contributed by atoms with Gasteiger partial charge in [0.2, 0.25) is 5.91 Å². The van der Waals surface area contributed by atoms with E-state index in [0.29, 0.717) is 6.42 Å². The molecule has 7 heteroatoms. The number of benzene rings is 1. The van der Waals surface area contributed by atoms with Crippen LogP contribution in [0.5, 0.6) is 5.75 Å². The third-order valence-electron chi connectivity index (χ3n) is 3.58. The molecule has 1 N–H and O–H groups in total. The predicted molar refractivity (Wildman–Crippen MR) is 82.4 cm³/mol. The molecule has 2 atom stereocenters. The van der Waals surface area contributed by atoms with Gasteiger partial charge in [-0.3, -0.25) is 4.79 Å². The van der Waals surface area contributed by atoms with Gasteiger partial charge in [0.25, 0.3) is 0 Å². The number of hydrogen-bond donors (Lipinski definition) is 1. The zero-order chi connectivity index (χ0) is 16.2. The predicted octanol–water partition coefficient (Wildman–Crippen LogP) is 0.904. The molecule has 0 aromatic heterocycles. The Hall–Kier alpha value is -1.60. The Bertz CT molecular complexity index is 629. The molecule has 1 amide bonds. The molecule has 22 heavy (non-hydrogen) atoms. The molecule has 1 aliphatic heterocycles. The molecule has 0 saturated carbocycles. The summed E-state index contributed by atoms with van der Waals surface area (Å²) in [6, 6.07) is 7.11. The monoisotopic (exact) mass is 327 g/mol. The first-order valence-corrected chi connectivity index (χ1v) is 8.97. The highest BCUT2D eigenvalue weighted by Crippen LogP contribution is 2.14. The van der Waals surface area contributed by atoms with E-state index in [1.165, 1.54) is 0 Å². The van der Waals surface area contributed by atoms with Gasteiger partial charge in [-0.2, -0.15) is 0 Å². The topological polar surface area (TPSA) is 81.7 Å². The van der Waals surface area contributed by atoms with Gasteiger partial charge >= 0.3 is 0 Å². The Balaban J connectivity index is 1.81. The lowest BCUT2D eigenvalue weighted by atomic mass is 10.2. The van der Waals surface area contributed by atoms with Crippen LogP contribution in [0.1, 0.15) is 18.9 Å². The Morgan fingerprint density at radius 1 is 1.45 bits per heavy atom. The highest BCUT2D eigenvalue weighted by atomic mass is 32.2. The number of amides is 1. The van der Waals surface area contributed by atoms with Crippen LogP contribution in [0.2, 0.25) is 0 Å². The lowest BCUT2D eigenvalue weighted by molar-refractivity contribution is -0.133. The van der Waals surface area contributed by atoms with Crippen LogP contribution in [0, 0.1) is 0 Å². The van der Waals surface area contributed by atoms with E-state index in [0.717, 1.165) is 11.3 Å². The van der Waals surface area contributed by atoms with Gasteiger partial charge < -0.3 is 14.8 Å². The first kappa shape index (κ1) is 16.8. The van der Waals surface area contributed by atoms with Crippen molar-refractivity contribution >= 4 is 15.7 Å². The number of sulfone groups is 1. The standard InChI is InChI=1S/C15H21NO5S/c1-11(15(17)16-13-6-7-22(18,19)10-13)21-9-12-4-3-5-14(8-12)20-2/h3-5,8,11,13H,6-7,9-10H2,1-2H3,(H,16,17)/t11-,13+/m1/s1. The Labute approximate surface area is 130 Å². The van der Waals surface area contributed by atoms with Crippen LogP contribution in [-0.2, 0) is 26.0 Å². The van der Waals surface area contributed by atoms with Crippen molar-refractivity contribution in [3.63, 3.8) is 0 Å². The number of methoxy groups -OCH3 is 1. The van der Waals surface area contributed by atoms with E-state index in [4.69, 9.17) is 9.47 Å². The van der Waals surface area contributed by atoms with Gasteiger partial charge in [-0.1, -0.05) is 12.1 Å². The first-order valence-electron chi connectivity index (χ1n) is 7.15. The average Bonchev–Trinajstić information content (AvgIpc) is 2.83. The van der Waals surface area contributed by atoms with Crippen molar-refractivity contribution in [2.75, 3.05) is 18.6 Å². The minimum Gasteiger partial charge on any atom is -0.497 e. The maximum Gasteiger partial charge on any atom is 0.249 e. The molecule has 1 aromatic carbocycles. The molecule has 0 radical (unpaired) electrons. The summed E-state index contributed by atoms with van der Waals surface area (Å²) in [5.74, 6) is 0.595. The number of rotatable bonds is 6. The van der Waals surface area contributed by atoms with E-state index >= 15 is 0 Å². The second-order valence-electron chi connectivity index (χ2n) is 5.41. The van der Waals surface area contributed by atoms with Crippen LogP contribution in [0.15, 0.2) is 24.3 Å². The third kappa shape index (κ3) is 4.71. The highest BCUT2D eigenvalue weighted by Gasteiger charge is 2.30. The largest absolute Gasteiger partial charge is 0.497 e. The van der Waals surface area contributed by atoms with Gasteiger partial charge in [-0.15, -0.1) is 0 Å². The van der Waals surface area contributed by atoms with Gasteiger partial charge in [0.05, 0.1) is 25.2 Å². The minimum absolute atomic E-state index is 0.0152. The van der Waals surface area contributed by atoms with E-state index in [1.54, 1.807) is 14.0 Å². The summed E-state index contributed by atoms with van der Waals surface area (Å²) in [5, 5.41) is 2.73. The van der Waals surface area contributed by atoms with Gasteiger partial charge in [0.1, 0.15) is 11.9 Å². The number of carbonyl (C=O) groups excluding carboxylic acids is 1. The van der Waals surface area contributed by atoms with Crippen LogP contribution >= 0.6 is 0 Å². The molecule has 0 bridgehead atoms. The van der Waals surface area contributed by atoms with Crippen molar-refractivity contribution in [3.05, 3.63) is 29.8 Å². The van der Waals surface area contributed by atoms with E-state index in [-0.39, 0.29) is 30.1 Å². The maximum atomic E-state index is 12.0. The normalized spacial score (nSPS) is 21.3. The third-order valence-corrected chi connectivity index (χ3v) is 5.35. The zero-order valence-electron chi connectivity index (χ0n) is 12.7. The van der Waals surface area contributed by atoms with Crippen molar-refractivity contribution in [2.24, 2.45) is 0 Å². The highest BCUT2D eigenvalue weighted by molar-refractivity contribution is 7.91. The molecule has 6 nitrogen and oxygen atoms in total. The molecule has 2 rings (SSSR count). The Morgan fingerprint density at radius 3 is 2.86 bits per heavy atom. The molecule has 1 saturated heterocycles. The molecule has 1 heterocycles. The van der Waals surface area contributed by atoms with Gasteiger partial charge in [-0.25, -0.2) is 8.42 Å². The zero-order valence-corrected chi connectivity index (χ0v) is 13.6. The molecule has 0 aliphatic carbocycles. The summed E-state index contributed by atoms with van der Waals surface area (Å²) in [6.07, 6.45) is -0.175. The average molecular weight is 327 g/mol. The molecular weight excluding hydrogens is 306 g/mol. The van der Waals surface area contributed by atoms with Crippen molar-refractivity contribution < 1.29 is 22.7 Å². The Morgan fingerprint density at radius 2 is 2.23 bits per heavy atom. The second-order valence-corrected chi connectivity index (χ2v) is 7.64. The number of ether oxygens (including phenoxy) is 2. The van der Waals surface area contributed by atoms with Crippen LogP contribution < -0.4 is 10.1 Å². The fourth-order valence-electron chi connectivity index (χ4n) is 2.29. The molecular formula is C15H21NO5S. The molecule has 1 fully saturated rings. The van der Waals surface area contributed by atoms with E-state index in [9.17, 15) is 13.2 Å². The fourth-order valence-corrected chi connectivity index (χ4v) is 3.96. The summed E-state index contributed by atoms with van der Waals surface area (Å²) in [5.41, 5.74) is 0.905. The van der Waals surface area contributed by atoms with Crippen molar-refractivity contribution in [3.8, 4) is 5.75 Å². The summed E-state index contributed by atoms with van der Waals surface area (Å²) in [4.78, 5) is 12.0. The van der Waals surface area contributed by atoms with Crippen LogP contribution in [0.25, 0.3) is 0 Å². The first-order chi connectivity index (χ1) is 10.4. The van der Waals surface area contributed by atoms with Crippen molar-refractivity contribution in [1.82, 2.24) is 5.32 Å². The summed E-state index contributed by atoms with van der Waals surface area (Å²) in [7, 11) is -1.41. The van der Waals surface area contributed by atoms with E-state index in [2.05, 4.69) is 5.32 Å². The lowest BCUT2D eigenvalue weighted by Gasteiger charge is -2.16. The molecule has 1 aromatic rings. The van der Waals surface area contributed by atoms with Crippen LogP contribution in [0.4, 0.5) is 0 Å². The van der Waals surface area contributed by atoms with Crippen LogP contribution in [-0.4, -0.2) is 45.1 Å². The fraction of sp³-hybridized carbons (Fsp3) is 0.533. The summed E-state index contributed by atoms with van der Waals surface area (Å²) in [6.45, 7) is 1.94. The number of nitrogens with one attached hydrogen (secondary N) is 1. The molecule has 122 valence electrons. The van der Waals surface area contributed by atoms with Crippen molar-refractivity contribution in [2.45, 2.75) is 32.1 Å². The molecule has 0 unspecified atom stereocenters. The second kappa shape index (κ2) is 7.11. The summed E-state index contributed by atoms with van der Waals surface area (Å²) < 4.78 is 33.4. The van der Waals surface area contributed by atoms with E-state index in [1.807, 2.05) is 24.3 Å². The van der Waals surface area contributed by atoms with Crippen LogP contribution in [0.3, 0.4) is 0 Å². The summed E-state index contributed by atoms with van der Waals surface area (Å²) >= 11 is 0. The smallest absolute Gasteiger partial charge is 0.249 e. The van der Waals surface area contributed by atoms with Crippen molar-refractivity contribution in [1.29, 1.82) is 0 Å².